The molecule has 0 saturated carbocycles. The van der Waals surface area contributed by atoms with Crippen LogP contribution in [0.3, 0.4) is 0 Å². The second-order valence-electron chi connectivity index (χ2n) is 4.72. The minimum Gasteiger partial charge on any atom is -0.434 e. The quantitative estimate of drug-likeness (QED) is 0.484. The highest BCUT2D eigenvalue weighted by Gasteiger charge is 2.19. The van der Waals surface area contributed by atoms with E-state index in [-0.39, 0.29) is 39.3 Å². The summed E-state index contributed by atoms with van der Waals surface area (Å²) >= 11 is 5.75. The maximum absolute atomic E-state index is 12.5. The minimum absolute atomic E-state index is 0.00357. The first-order chi connectivity index (χ1) is 12.0. The Morgan fingerprint density at radius 2 is 2.00 bits per heavy atom. The van der Waals surface area contributed by atoms with Gasteiger partial charge in [-0.2, -0.15) is 13.8 Å². The molecule has 128 valence electrons. The van der Waals surface area contributed by atoms with Gasteiger partial charge in [0.1, 0.15) is 10.8 Å². The van der Waals surface area contributed by atoms with Gasteiger partial charge in [0.25, 0.3) is 11.6 Å². The van der Waals surface area contributed by atoms with Crippen LogP contribution in [-0.4, -0.2) is 21.7 Å². The molecule has 2 aromatic carbocycles. The number of nitro groups is 1. The molecule has 0 radical (unpaired) electrons. The van der Waals surface area contributed by atoms with Gasteiger partial charge in [0.15, 0.2) is 0 Å². The van der Waals surface area contributed by atoms with E-state index >= 15 is 0 Å². The second-order valence-corrected chi connectivity index (χ2v) is 5.13. The lowest BCUT2D eigenvalue weighted by Crippen LogP contribution is -2.03. The lowest BCUT2D eigenvalue weighted by molar-refractivity contribution is -0.384. The van der Waals surface area contributed by atoms with E-state index in [1.54, 1.807) is 6.07 Å². The zero-order chi connectivity index (χ0) is 18.0. The Morgan fingerprint density at radius 1 is 1.24 bits per heavy atom. The zero-order valence-corrected chi connectivity index (χ0v) is 13.0. The largest absolute Gasteiger partial charge is 0.434 e. The van der Waals surface area contributed by atoms with E-state index in [1.165, 1.54) is 36.4 Å². The number of halogens is 3. The van der Waals surface area contributed by atoms with E-state index in [0.717, 1.165) is 0 Å². The van der Waals surface area contributed by atoms with Crippen molar-refractivity contribution in [3.05, 3.63) is 57.6 Å². The molecule has 0 spiro atoms. The van der Waals surface area contributed by atoms with E-state index in [0.29, 0.717) is 0 Å². The Bertz CT molecular complexity index is 933. The molecule has 0 N–H and O–H groups in total. The van der Waals surface area contributed by atoms with Crippen LogP contribution >= 0.6 is 11.6 Å². The summed E-state index contributed by atoms with van der Waals surface area (Å²) in [6.45, 7) is -3.01. The number of benzene rings is 2. The molecule has 0 fully saturated rings. The van der Waals surface area contributed by atoms with Crippen molar-refractivity contribution >= 4 is 17.3 Å². The molecule has 0 bridgehead atoms. The fraction of sp³-hybridized carbons (Fsp3) is 0.0667. The first-order valence-corrected chi connectivity index (χ1v) is 7.15. The number of aromatic nitrogens is 2. The number of hydrogen-bond acceptors (Lipinski definition) is 6. The van der Waals surface area contributed by atoms with Crippen molar-refractivity contribution < 1.29 is 23.0 Å². The van der Waals surface area contributed by atoms with Crippen molar-refractivity contribution in [1.82, 2.24) is 10.1 Å². The normalized spacial score (nSPS) is 10.9. The number of rotatable bonds is 5. The zero-order valence-electron chi connectivity index (χ0n) is 12.2. The maximum atomic E-state index is 12.5. The van der Waals surface area contributed by atoms with Gasteiger partial charge in [-0.05, 0) is 24.3 Å². The molecule has 3 aromatic rings. The summed E-state index contributed by atoms with van der Waals surface area (Å²) < 4.78 is 34.5. The van der Waals surface area contributed by atoms with Crippen LogP contribution in [0.25, 0.3) is 22.8 Å². The molecule has 7 nitrogen and oxygen atoms in total. The molecule has 1 heterocycles. The summed E-state index contributed by atoms with van der Waals surface area (Å²) in [7, 11) is 0. The summed E-state index contributed by atoms with van der Waals surface area (Å²) in [5.74, 6) is -0.141. The van der Waals surface area contributed by atoms with Gasteiger partial charge < -0.3 is 9.26 Å². The molecule has 0 atom stereocenters. The highest BCUT2D eigenvalue weighted by Crippen LogP contribution is 2.33. The van der Waals surface area contributed by atoms with Crippen LogP contribution in [0, 0.1) is 10.1 Å². The highest BCUT2D eigenvalue weighted by atomic mass is 35.5. The van der Waals surface area contributed by atoms with Crippen LogP contribution in [0.1, 0.15) is 0 Å². The predicted molar refractivity (Wildman–Crippen MR) is 83.5 cm³/mol. The number of alkyl halides is 2. The molecule has 3 rings (SSSR count). The number of para-hydroxylation sites is 1. The van der Waals surface area contributed by atoms with Gasteiger partial charge in [-0.1, -0.05) is 28.9 Å². The lowest BCUT2D eigenvalue weighted by atomic mass is 10.2. The van der Waals surface area contributed by atoms with Crippen molar-refractivity contribution in [2.45, 2.75) is 6.61 Å². The Kier molecular flexibility index (Phi) is 4.57. The molecule has 10 heteroatoms. The molecular formula is C15H8ClF2N3O4. The van der Waals surface area contributed by atoms with Crippen LogP contribution in [0.2, 0.25) is 5.02 Å². The standard InChI is InChI=1S/C15H8ClF2N3O4/c16-10-6-5-8(7-11(10)21(22)23)14-19-13(20-25-14)9-3-1-2-4-12(9)24-15(17)18/h1-7,15H. The first-order valence-electron chi connectivity index (χ1n) is 6.78. The number of nitro benzene ring substituents is 1. The average Bonchev–Trinajstić information content (AvgIpc) is 3.04. The van der Waals surface area contributed by atoms with Crippen molar-refractivity contribution in [2.75, 3.05) is 0 Å². The van der Waals surface area contributed by atoms with Gasteiger partial charge in [0, 0.05) is 11.6 Å². The van der Waals surface area contributed by atoms with Gasteiger partial charge in [-0.3, -0.25) is 10.1 Å². The summed E-state index contributed by atoms with van der Waals surface area (Å²) in [5.41, 5.74) is 0.142. The average molecular weight is 368 g/mol. The van der Waals surface area contributed by atoms with E-state index in [1.807, 2.05) is 0 Å². The van der Waals surface area contributed by atoms with E-state index < -0.39 is 11.5 Å². The number of ether oxygens (including phenoxy) is 1. The molecule has 1 aromatic heterocycles. The molecule has 0 amide bonds. The van der Waals surface area contributed by atoms with Crippen molar-refractivity contribution in [2.24, 2.45) is 0 Å². The summed E-state index contributed by atoms with van der Waals surface area (Å²) in [6, 6.07) is 9.91. The van der Waals surface area contributed by atoms with Gasteiger partial charge in [-0.15, -0.1) is 0 Å². The lowest BCUT2D eigenvalue weighted by Gasteiger charge is -2.07. The summed E-state index contributed by atoms with van der Waals surface area (Å²) in [6.07, 6.45) is 0. The van der Waals surface area contributed by atoms with Crippen molar-refractivity contribution in [1.29, 1.82) is 0 Å². The van der Waals surface area contributed by atoms with Crippen LogP contribution in [0.4, 0.5) is 14.5 Å². The Hall–Kier alpha value is -3.07. The molecule has 0 aliphatic heterocycles. The van der Waals surface area contributed by atoms with Crippen molar-refractivity contribution in [3.8, 4) is 28.6 Å². The number of nitrogens with zero attached hydrogens (tertiary/aromatic N) is 3. The van der Waals surface area contributed by atoms with Gasteiger partial charge in [0.05, 0.1) is 10.5 Å². The molecule has 0 saturated heterocycles. The van der Waals surface area contributed by atoms with Crippen LogP contribution < -0.4 is 4.74 Å². The SMILES string of the molecule is O=[N+]([O-])c1cc(-c2nc(-c3ccccc3OC(F)F)no2)ccc1Cl. The fourth-order valence-electron chi connectivity index (χ4n) is 2.09. The topological polar surface area (TPSA) is 91.3 Å². The maximum Gasteiger partial charge on any atom is 0.387 e. The second kappa shape index (κ2) is 6.81. The summed E-state index contributed by atoms with van der Waals surface area (Å²) in [4.78, 5) is 14.4. The third-order valence-electron chi connectivity index (χ3n) is 3.16. The Morgan fingerprint density at radius 3 is 2.72 bits per heavy atom. The summed E-state index contributed by atoms with van der Waals surface area (Å²) in [5, 5.41) is 14.6. The molecule has 0 aliphatic carbocycles. The van der Waals surface area contributed by atoms with Gasteiger partial charge in [-0.25, -0.2) is 0 Å². The monoisotopic (exact) mass is 367 g/mol. The van der Waals surface area contributed by atoms with Crippen molar-refractivity contribution in [3.63, 3.8) is 0 Å². The molecule has 0 unspecified atom stereocenters. The van der Waals surface area contributed by atoms with Gasteiger partial charge in [0.2, 0.25) is 5.82 Å². The molecule has 0 aliphatic rings. The highest BCUT2D eigenvalue weighted by molar-refractivity contribution is 6.32. The van der Waals surface area contributed by atoms with Crippen LogP contribution in [0.15, 0.2) is 47.0 Å². The predicted octanol–water partition coefficient (Wildman–Crippen LogP) is 4.57. The third kappa shape index (κ3) is 3.56. The van der Waals surface area contributed by atoms with E-state index in [2.05, 4.69) is 14.9 Å². The number of hydrogen-bond donors (Lipinski definition) is 0. The van der Waals surface area contributed by atoms with Gasteiger partial charge >= 0.3 is 6.61 Å². The van der Waals surface area contributed by atoms with E-state index in [4.69, 9.17) is 16.1 Å². The minimum atomic E-state index is -3.01. The Labute approximate surface area is 143 Å². The molecular weight excluding hydrogens is 360 g/mol. The first kappa shape index (κ1) is 16.8. The smallest absolute Gasteiger partial charge is 0.387 e. The van der Waals surface area contributed by atoms with E-state index in [9.17, 15) is 18.9 Å². The molecule has 25 heavy (non-hydrogen) atoms. The van der Waals surface area contributed by atoms with Crippen LogP contribution in [-0.2, 0) is 0 Å². The Balaban J connectivity index is 1.99. The van der Waals surface area contributed by atoms with Crippen LogP contribution in [0.5, 0.6) is 5.75 Å². The third-order valence-corrected chi connectivity index (χ3v) is 3.48. The fourth-order valence-corrected chi connectivity index (χ4v) is 2.27.